The van der Waals surface area contributed by atoms with E-state index in [-0.39, 0.29) is 35.0 Å². The highest BCUT2D eigenvalue weighted by molar-refractivity contribution is 7.90. The molecule has 0 radical (unpaired) electrons. The van der Waals surface area contributed by atoms with Crippen LogP contribution in [0.2, 0.25) is 0 Å². The molecule has 2 aromatic rings. The van der Waals surface area contributed by atoms with E-state index in [1.165, 1.54) is 0 Å². The van der Waals surface area contributed by atoms with Crippen LogP contribution in [-0.4, -0.2) is 33.5 Å². The van der Waals surface area contributed by atoms with Gasteiger partial charge in [0.15, 0.2) is 9.84 Å². The zero-order valence-corrected chi connectivity index (χ0v) is 16.9. The summed E-state index contributed by atoms with van der Waals surface area (Å²) in [6.45, 7) is 3.81. The highest BCUT2D eigenvalue weighted by Gasteiger charge is 2.25. The van der Waals surface area contributed by atoms with Crippen molar-refractivity contribution < 1.29 is 13.2 Å². The Morgan fingerprint density at radius 2 is 1.78 bits per heavy atom. The molecule has 5 nitrogen and oxygen atoms in total. The monoisotopic (exact) mass is 408 g/mol. The SMILES string of the molecule is CC1CCNCC1NC(=O)c1ccccc1CS(=O)(=O)c1ccccc1.Cl. The third-order valence-corrected chi connectivity index (χ3v) is 6.54. The zero-order chi connectivity index (χ0) is 18.6. The molecule has 0 aromatic heterocycles. The van der Waals surface area contributed by atoms with Crippen LogP contribution < -0.4 is 10.6 Å². The topological polar surface area (TPSA) is 75.3 Å². The summed E-state index contributed by atoms with van der Waals surface area (Å²) >= 11 is 0. The number of hydrogen-bond acceptors (Lipinski definition) is 4. The summed E-state index contributed by atoms with van der Waals surface area (Å²) in [5.74, 6) is -0.0242. The number of hydrogen-bond donors (Lipinski definition) is 2. The van der Waals surface area contributed by atoms with Crippen LogP contribution in [0.25, 0.3) is 0 Å². The third-order valence-electron chi connectivity index (χ3n) is 4.85. The minimum Gasteiger partial charge on any atom is -0.348 e. The lowest BCUT2D eigenvalue weighted by molar-refractivity contribution is 0.0914. The lowest BCUT2D eigenvalue weighted by atomic mass is 9.94. The minimum absolute atomic E-state index is 0. The molecule has 0 saturated carbocycles. The average molecular weight is 409 g/mol. The maximum absolute atomic E-state index is 12.8. The van der Waals surface area contributed by atoms with Gasteiger partial charge in [-0.05, 0) is 42.6 Å². The number of sulfone groups is 1. The van der Waals surface area contributed by atoms with Crippen LogP contribution in [-0.2, 0) is 15.6 Å². The van der Waals surface area contributed by atoms with Crippen LogP contribution in [0.1, 0.15) is 29.3 Å². The summed E-state index contributed by atoms with van der Waals surface area (Å²) in [6.07, 6.45) is 1.01. The Morgan fingerprint density at radius 3 is 2.48 bits per heavy atom. The zero-order valence-electron chi connectivity index (χ0n) is 15.2. The first-order chi connectivity index (χ1) is 12.5. The van der Waals surface area contributed by atoms with Crippen molar-refractivity contribution in [3.05, 3.63) is 65.7 Å². The van der Waals surface area contributed by atoms with Crippen LogP contribution in [0.3, 0.4) is 0 Å². The van der Waals surface area contributed by atoms with E-state index < -0.39 is 9.84 Å². The second-order valence-corrected chi connectivity index (χ2v) is 8.77. The van der Waals surface area contributed by atoms with Crippen molar-refractivity contribution in [3.63, 3.8) is 0 Å². The van der Waals surface area contributed by atoms with Crippen molar-refractivity contribution in [2.75, 3.05) is 13.1 Å². The van der Waals surface area contributed by atoms with Gasteiger partial charge in [0.05, 0.1) is 10.6 Å². The molecule has 1 aliphatic rings. The smallest absolute Gasteiger partial charge is 0.251 e. The minimum atomic E-state index is -3.51. The fourth-order valence-corrected chi connectivity index (χ4v) is 4.61. The Bertz CT molecular complexity index is 872. The molecule has 0 spiro atoms. The highest BCUT2D eigenvalue weighted by atomic mass is 35.5. The quantitative estimate of drug-likeness (QED) is 0.797. The van der Waals surface area contributed by atoms with Gasteiger partial charge < -0.3 is 10.6 Å². The van der Waals surface area contributed by atoms with Gasteiger partial charge in [0, 0.05) is 18.2 Å². The Balaban J connectivity index is 0.00000261. The van der Waals surface area contributed by atoms with Crippen molar-refractivity contribution in [1.82, 2.24) is 10.6 Å². The molecular formula is C20H25ClN2O3S. The van der Waals surface area contributed by atoms with E-state index in [0.717, 1.165) is 19.5 Å². The van der Waals surface area contributed by atoms with Gasteiger partial charge in [-0.2, -0.15) is 0 Å². The fourth-order valence-electron chi connectivity index (χ4n) is 3.21. The van der Waals surface area contributed by atoms with Gasteiger partial charge in [0.2, 0.25) is 0 Å². The molecule has 1 amide bonds. The van der Waals surface area contributed by atoms with Gasteiger partial charge >= 0.3 is 0 Å². The van der Waals surface area contributed by atoms with E-state index in [2.05, 4.69) is 17.6 Å². The Morgan fingerprint density at radius 1 is 1.11 bits per heavy atom. The highest BCUT2D eigenvalue weighted by Crippen LogP contribution is 2.20. The summed E-state index contributed by atoms with van der Waals surface area (Å²) in [5, 5.41) is 6.34. The summed E-state index contributed by atoms with van der Waals surface area (Å²) in [7, 11) is -3.51. The third kappa shape index (κ3) is 5.31. The van der Waals surface area contributed by atoms with E-state index in [1.807, 2.05) is 0 Å². The van der Waals surface area contributed by atoms with Crippen molar-refractivity contribution >= 4 is 28.2 Å². The number of carbonyl (C=O) groups is 1. The molecule has 146 valence electrons. The Hall–Kier alpha value is -1.89. The van der Waals surface area contributed by atoms with Crippen LogP contribution in [0.5, 0.6) is 0 Å². The average Bonchev–Trinajstić information content (AvgIpc) is 2.64. The molecule has 1 heterocycles. The summed E-state index contributed by atoms with van der Waals surface area (Å²) in [5.41, 5.74) is 0.940. The van der Waals surface area contributed by atoms with Crippen LogP contribution in [0.15, 0.2) is 59.5 Å². The van der Waals surface area contributed by atoms with E-state index in [0.29, 0.717) is 17.0 Å². The molecule has 1 fully saturated rings. The second kappa shape index (κ2) is 9.35. The maximum atomic E-state index is 12.8. The number of rotatable bonds is 5. The molecule has 2 atom stereocenters. The number of piperidine rings is 1. The van der Waals surface area contributed by atoms with Crippen molar-refractivity contribution in [2.24, 2.45) is 5.92 Å². The lowest BCUT2D eigenvalue weighted by Gasteiger charge is -2.30. The number of carbonyl (C=O) groups excluding carboxylic acids is 1. The number of benzene rings is 2. The molecule has 0 bridgehead atoms. The lowest BCUT2D eigenvalue weighted by Crippen LogP contribution is -2.50. The molecule has 1 saturated heterocycles. The molecule has 2 aromatic carbocycles. The molecule has 2 N–H and O–H groups in total. The molecule has 1 aliphatic heterocycles. The molecule has 27 heavy (non-hydrogen) atoms. The number of nitrogens with one attached hydrogen (secondary N) is 2. The van der Waals surface area contributed by atoms with Gasteiger partial charge in [-0.3, -0.25) is 4.79 Å². The number of halogens is 1. The van der Waals surface area contributed by atoms with Crippen molar-refractivity contribution in [1.29, 1.82) is 0 Å². The molecular weight excluding hydrogens is 384 g/mol. The van der Waals surface area contributed by atoms with E-state index in [9.17, 15) is 13.2 Å². The van der Waals surface area contributed by atoms with Crippen LogP contribution in [0, 0.1) is 5.92 Å². The number of amides is 1. The Labute approximate surface area is 166 Å². The first-order valence-electron chi connectivity index (χ1n) is 8.84. The first kappa shape index (κ1) is 21.4. The standard InChI is InChI=1S/C20H24N2O3S.ClH/c1-15-11-12-21-13-19(15)22-20(23)18-10-6-5-7-16(18)14-26(24,25)17-8-3-2-4-9-17;/h2-10,15,19,21H,11-14H2,1H3,(H,22,23);1H. The van der Waals surface area contributed by atoms with Gasteiger partial charge in [0.1, 0.15) is 0 Å². The van der Waals surface area contributed by atoms with E-state index >= 15 is 0 Å². The predicted molar refractivity (Wildman–Crippen MR) is 109 cm³/mol. The van der Waals surface area contributed by atoms with Crippen molar-refractivity contribution in [3.8, 4) is 0 Å². The van der Waals surface area contributed by atoms with Gasteiger partial charge in [0.25, 0.3) is 5.91 Å². The van der Waals surface area contributed by atoms with Gasteiger partial charge in [-0.25, -0.2) is 8.42 Å². The maximum Gasteiger partial charge on any atom is 0.251 e. The second-order valence-electron chi connectivity index (χ2n) is 6.78. The van der Waals surface area contributed by atoms with Crippen molar-refractivity contribution in [2.45, 2.75) is 30.0 Å². The van der Waals surface area contributed by atoms with Crippen LogP contribution >= 0.6 is 12.4 Å². The largest absolute Gasteiger partial charge is 0.348 e. The normalized spacial score (nSPS) is 19.7. The van der Waals surface area contributed by atoms with Gasteiger partial charge in [-0.1, -0.05) is 43.3 Å². The predicted octanol–water partition coefficient (Wildman–Crippen LogP) is 2.81. The summed E-state index contributed by atoms with van der Waals surface area (Å²) < 4.78 is 25.4. The Kier molecular flexibility index (Phi) is 7.41. The summed E-state index contributed by atoms with van der Waals surface area (Å²) in [4.78, 5) is 13.0. The molecule has 2 unspecified atom stereocenters. The molecule has 7 heteroatoms. The van der Waals surface area contributed by atoms with Gasteiger partial charge in [-0.15, -0.1) is 12.4 Å². The summed E-state index contributed by atoms with van der Waals surface area (Å²) in [6, 6.07) is 15.3. The fraction of sp³-hybridized carbons (Fsp3) is 0.350. The molecule has 3 rings (SSSR count). The van der Waals surface area contributed by atoms with E-state index in [1.54, 1.807) is 54.6 Å². The first-order valence-corrected chi connectivity index (χ1v) is 10.5. The van der Waals surface area contributed by atoms with Crippen LogP contribution in [0.4, 0.5) is 0 Å². The molecule has 0 aliphatic carbocycles. The van der Waals surface area contributed by atoms with E-state index in [4.69, 9.17) is 0 Å².